The van der Waals surface area contributed by atoms with Crippen molar-refractivity contribution >= 4 is 22.5 Å². The first-order chi connectivity index (χ1) is 13.5. The zero-order chi connectivity index (χ0) is 19.7. The number of fused-ring (bicyclic) bond motifs is 1. The number of aryl methyl sites for hydroxylation is 1. The molecule has 5 nitrogen and oxygen atoms in total. The van der Waals surface area contributed by atoms with Crippen molar-refractivity contribution < 1.29 is 4.79 Å². The molecule has 1 N–H and O–H groups in total. The van der Waals surface area contributed by atoms with E-state index >= 15 is 0 Å². The fourth-order valence-corrected chi connectivity index (χ4v) is 4.97. The Bertz CT molecular complexity index is 852. The lowest BCUT2D eigenvalue weighted by molar-refractivity contribution is -0.122. The second kappa shape index (κ2) is 8.08. The van der Waals surface area contributed by atoms with Crippen LogP contribution >= 0.6 is 0 Å². The highest BCUT2D eigenvalue weighted by Crippen LogP contribution is 2.31. The SMILES string of the molecule is Cc1ccc(N2C[C@@H](C)C[C@@H](NC(=O)CC3CCN(C)C3)C2)c2cccnc12. The fourth-order valence-electron chi connectivity index (χ4n) is 4.97. The number of rotatable bonds is 4. The number of nitrogens with zero attached hydrogens (tertiary/aromatic N) is 3. The summed E-state index contributed by atoms with van der Waals surface area (Å²) < 4.78 is 0. The van der Waals surface area contributed by atoms with Gasteiger partial charge in [0.05, 0.1) is 5.52 Å². The first kappa shape index (κ1) is 19.2. The van der Waals surface area contributed by atoms with Crippen LogP contribution in [0.4, 0.5) is 5.69 Å². The van der Waals surface area contributed by atoms with Gasteiger partial charge in [-0.05, 0) is 69.0 Å². The summed E-state index contributed by atoms with van der Waals surface area (Å²) in [7, 11) is 2.14. The Morgan fingerprint density at radius 1 is 1.25 bits per heavy atom. The largest absolute Gasteiger partial charge is 0.369 e. The Labute approximate surface area is 168 Å². The normalized spacial score (nSPS) is 26.0. The number of anilines is 1. The highest BCUT2D eigenvalue weighted by molar-refractivity contribution is 5.93. The van der Waals surface area contributed by atoms with Crippen LogP contribution in [0.3, 0.4) is 0 Å². The monoisotopic (exact) mass is 380 g/mol. The number of carbonyl (C=O) groups is 1. The van der Waals surface area contributed by atoms with E-state index in [9.17, 15) is 4.79 Å². The molecule has 2 aromatic rings. The summed E-state index contributed by atoms with van der Waals surface area (Å²) in [6.07, 6.45) is 4.71. The van der Waals surface area contributed by atoms with Gasteiger partial charge in [-0.3, -0.25) is 9.78 Å². The van der Waals surface area contributed by atoms with Gasteiger partial charge in [0.25, 0.3) is 0 Å². The average Bonchev–Trinajstić information content (AvgIpc) is 3.06. The minimum absolute atomic E-state index is 0.211. The molecule has 150 valence electrons. The zero-order valence-electron chi connectivity index (χ0n) is 17.3. The lowest BCUT2D eigenvalue weighted by Crippen LogP contribution is -2.50. The Kier molecular flexibility index (Phi) is 5.54. The Balaban J connectivity index is 1.47. The summed E-state index contributed by atoms with van der Waals surface area (Å²) in [4.78, 5) is 22.0. The molecule has 0 spiro atoms. The van der Waals surface area contributed by atoms with Gasteiger partial charge >= 0.3 is 0 Å². The number of hydrogen-bond acceptors (Lipinski definition) is 4. The van der Waals surface area contributed by atoms with Crippen molar-refractivity contribution in [1.82, 2.24) is 15.2 Å². The predicted molar refractivity (Wildman–Crippen MR) is 115 cm³/mol. The van der Waals surface area contributed by atoms with E-state index in [1.54, 1.807) is 0 Å². The number of amides is 1. The molecular formula is C23H32N4O. The topological polar surface area (TPSA) is 48.5 Å². The molecule has 28 heavy (non-hydrogen) atoms. The number of aromatic nitrogens is 1. The van der Waals surface area contributed by atoms with Crippen LogP contribution in [0.15, 0.2) is 30.5 Å². The van der Waals surface area contributed by atoms with Crippen LogP contribution in [0, 0.1) is 18.8 Å². The molecule has 1 aromatic carbocycles. The average molecular weight is 381 g/mol. The maximum absolute atomic E-state index is 12.6. The number of carbonyl (C=O) groups excluding carboxylic acids is 1. The first-order valence-corrected chi connectivity index (χ1v) is 10.6. The Morgan fingerprint density at radius 3 is 2.89 bits per heavy atom. The van der Waals surface area contributed by atoms with Gasteiger partial charge in [-0.25, -0.2) is 0 Å². The molecule has 4 rings (SSSR count). The minimum Gasteiger partial charge on any atom is -0.369 e. The maximum atomic E-state index is 12.6. The van der Waals surface area contributed by atoms with Gasteiger partial charge in [-0.2, -0.15) is 0 Å². The van der Waals surface area contributed by atoms with E-state index in [-0.39, 0.29) is 11.9 Å². The van der Waals surface area contributed by atoms with Crippen molar-refractivity contribution in [1.29, 1.82) is 0 Å². The molecule has 2 saturated heterocycles. The van der Waals surface area contributed by atoms with Gasteiger partial charge in [-0.1, -0.05) is 13.0 Å². The summed E-state index contributed by atoms with van der Waals surface area (Å²) in [6.45, 7) is 8.44. The molecule has 5 heteroatoms. The van der Waals surface area contributed by atoms with Crippen LogP contribution in [0.5, 0.6) is 0 Å². The van der Waals surface area contributed by atoms with Gasteiger partial charge in [0.1, 0.15) is 0 Å². The van der Waals surface area contributed by atoms with Gasteiger partial charge in [0.2, 0.25) is 5.91 Å². The van der Waals surface area contributed by atoms with E-state index in [1.807, 2.05) is 12.3 Å². The van der Waals surface area contributed by atoms with Crippen LogP contribution < -0.4 is 10.2 Å². The van der Waals surface area contributed by atoms with E-state index in [4.69, 9.17) is 0 Å². The third kappa shape index (κ3) is 4.14. The van der Waals surface area contributed by atoms with Crippen LogP contribution in [0.2, 0.25) is 0 Å². The van der Waals surface area contributed by atoms with Crippen molar-refractivity contribution in [2.24, 2.45) is 11.8 Å². The molecular weight excluding hydrogens is 348 g/mol. The highest BCUT2D eigenvalue weighted by Gasteiger charge is 2.28. The number of pyridine rings is 1. The van der Waals surface area contributed by atoms with Crippen LogP contribution in [-0.2, 0) is 4.79 Å². The number of hydrogen-bond donors (Lipinski definition) is 1. The van der Waals surface area contributed by atoms with Crippen LogP contribution in [0.1, 0.15) is 31.7 Å². The summed E-state index contributed by atoms with van der Waals surface area (Å²) in [5.74, 6) is 1.27. The first-order valence-electron chi connectivity index (χ1n) is 10.6. The number of benzene rings is 1. The number of likely N-dealkylation sites (tertiary alicyclic amines) is 1. The summed E-state index contributed by atoms with van der Waals surface area (Å²) in [5, 5.41) is 4.54. The maximum Gasteiger partial charge on any atom is 0.220 e. The number of piperidine rings is 1. The molecule has 2 fully saturated rings. The molecule has 0 saturated carbocycles. The van der Waals surface area contributed by atoms with Crippen molar-refractivity contribution in [3.05, 3.63) is 36.0 Å². The van der Waals surface area contributed by atoms with Crippen LogP contribution in [-0.4, -0.2) is 55.1 Å². The van der Waals surface area contributed by atoms with Gasteiger partial charge in [0, 0.05) is 49.4 Å². The fraction of sp³-hybridized carbons (Fsp3) is 0.565. The molecule has 0 radical (unpaired) electrons. The van der Waals surface area contributed by atoms with Crippen molar-refractivity contribution in [2.75, 3.05) is 38.1 Å². The van der Waals surface area contributed by atoms with E-state index in [0.29, 0.717) is 18.3 Å². The molecule has 3 heterocycles. The van der Waals surface area contributed by atoms with E-state index in [2.05, 4.69) is 59.2 Å². The molecule has 0 bridgehead atoms. The standard InChI is InChI=1S/C23H32N4O/c1-16-11-19(25-22(28)12-18-8-10-26(3)14-18)15-27(13-16)21-7-6-17(2)23-20(21)5-4-9-24-23/h4-7,9,16,18-19H,8,10-15H2,1-3H3,(H,25,28)/t16-,18?,19+/m0/s1. The molecule has 1 aromatic heterocycles. The summed E-state index contributed by atoms with van der Waals surface area (Å²) in [6, 6.07) is 8.76. The minimum atomic E-state index is 0.211. The van der Waals surface area contributed by atoms with Gasteiger partial charge < -0.3 is 15.1 Å². The van der Waals surface area contributed by atoms with Crippen molar-refractivity contribution in [3.63, 3.8) is 0 Å². The Morgan fingerprint density at radius 2 is 2.11 bits per heavy atom. The predicted octanol–water partition coefficient (Wildman–Crippen LogP) is 3.22. The third-order valence-corrected chi connectivity index (χ3v) is 6.28. The molecule has 2 aliphatic rings. The third-order valence-electron chi connectivity index (χ3n) is 6.28. The molecule has 1 unspecified atom stereocenters. The van der Waals surface area contributed by atoms with E-state index in [1.165, 1.54) is 16.6 Å². The Hall–Kier alpha value is -2.14. The smallest absolute Gasteiger partial charge is 0.220 e. The lowest BCUT2D eigenvalue weighted by Gasteiger charge is -2.39. The van der Waals surface area contributed by atoms with Crippen LogP contribution in [0.25, 0.3) is 10.9 Å². The van der Waals surface area contributed by atoms with Gasteiger partial charge in [0.15, 0.2) is 0 Å². The highest BCUT2D eigenvalue weighted by atomic mass is 16.1. The quantitative estimate of drug-likeness (QED) is 0.885. The van der Waals surface area contributed by atoms with Gasteiger partial charge in [-0.15, -0.1) is 0 Å². The lowest BCUT2D eigenvalue weighted by atomic mass is 9.94. The number of nitrogens with one attached hydrogen (secondary N) is 1. The summed E-state index contributed by atoms with van der Waals surface area (Å²) in [5.41, 5.74) is 3.51. The second-order valence-electron chi connectivity index (χ2n) is 8.93. The summed E-state index contributed by atoms with van der Waals surface area (Å²) >= 11 is 0. The van der Waals surface area contributed by atoms with E-state index in [0.717, 1.165) is 44.5 Å². The zero-order valence-corrected chi connectivity index (χ0v) is 17.3. The molecule has 2 aliphatic heterocycles. The molecule has 1 amide bonds. The second-order valence-corrected chi connectivity index (χ2v) is 8.93. The molecule has 0 aliphatic carbocycles. The van der Waals surface area contributed by atoms with Crippen molar-refractivity contribution in [3.8, 4) is 0 Å². The molecule has 3 atom stereocenters. The van der Waals surface area contributed by atoms with Crippen molar-refractivity contribution in [2.45, 2.75) is 39.2 Å². The van der Waals surface area contributed by atoms with E-state index < -0.39 is 0 Å².